The lowest BCUT2D eigenvalue weighted by atomic mass is 9.99. The van der Waals surface area contributed by atoms with Crippen molar-refractivity contribution < 1.29 is 29.9 Å². The maximum Gasteiger partial charge on any atom is 0.184 e. The van der Waals surface area contributed by atoms with Crippen LogP contribution in [0.2, 0.25) is 0 Å². The molecule has 15 heavy (non-hydrogen) atoms. The zero-order valence-corrected chi connectivity index (χ0v) is 9.20. The van der Waals surface area contributed by atoms with Gasteiger partial charge in [0.05, 0.1) is 6.61 Å². The molecular formula is C9H20O6. The maximum absolute atomic E-state index is 9.38. The van der Waals surface area contributed by atoms with Gasteiger partial charge in [0.1, 0.15) is 24.4 Å². The molecule has 0 aromatic carbocycles. The van der Waals surface area contributed by atoms with E-state index in [4.69, 9.17) is 14.6 Å². The van der Waals surface area contributed by atoms with Gasteiger partial charge in [0, 0.05) is 7.11 Å². The van der Waals surface area contributed by atoms with Crippen LogP contribution >= 0.6 is 0 Å². The SMILES string of the molecule is CC.CO[C@@H]1[C@@H](O)[C@H](O)[C@@H](CO)O[C@H]1O. The van der Waals surface area contributed by atoms with Gasteiger partial charge in [0.15, 0.2) is 6.29 Å². The van der Waals surface area contributed by atoms with E-state index < -0.39 is 37.3 Å². The van der Waals surface area contributed by atoms with E-state index in [2.05, 4.69) is 0 Å². The Morgan fingerprint density at radius 3 is 2.07 bits per heavy atom. The van der Waals surface area contributed by atoms with E-state index in [0.29, 0.717) is 0 Å². The summed E-state index contributed by atoms with van der Waals surface area (Å²) in [5.41, 5.74) is 0. The Labute approximate surface area is 89.1 Å². The molecule has 0 aromatic heterocycles. The molecule has 1 fully saturated rings. The summed E-state index contributed by atoms with van der Waals surface area (Å²) in [7, 11) is 1.28. The van der Waals surface area contributed by atoms with Crippen LogP contribution in [0, 0.1) is 0 Å². The molecule has 1 rings (SSSR count). The van der Waals surface area contributed by atoms with Crippen LogP contribution in [0.25, 0.3) is 0 Å². The van der Waals surface area contributed by atoms with Crippen molar-refractivity contribution in [3.8, 4) is 0 Å². The van der Waals surface area contributed by atoms with Crippen LogP contribution in [0.5, 0.6) is 0 Å². The highest BCUT2D eigenvalue weighted by Gasteiger charge is 2.43. The predicted octanol–water partition coefficient (Wildman–Crippen LogP) is -1.54. The molecule has 1 aliphatic heterocycles. The predicted molar refractivity (Wildman–Crippen MR) is 52.1 cm³/mol. The molecule has 1 aliphatic rings. The monoisotopic (exact) mass is 224 g/mol. The van der Waals surface area contributed by atoms with Gasteiger partial charge in [-0.3, -0.25) is 0 Å². The van der Waals surface area contributed by atoms with Crippen LogP contribution in [-0.4, -0.2) is 64.8 Å². The summed E-state index contributed by atoms with van der Waals surface area (Å²) in [5.74, 6) is 0. The third-order valence-corrected chi connectivity index (χ3v) is 2.11. The first-order valence-corrected chi connectivity index (χ1v) is 4.95. The Morgan fingerprint density at radius 1 is 1.13 bits per heavy atom. The summed E-state index contributed by atoms with van der Waals surface area (Å²) in [6, 6.07) is 0. The zero-order valence-electron chi connectivity index (χ0n) is 9.20. The Balaban J connectivity index is 0.000000921. The Bertz CT molecular complexity index is 165. The first kappa shape index (κ1) is 14.8. The molecule has 0 saturated carbocycles. The highest BCUT2D eigenvalue weighted by atomic mass is 16.7. The number of methoxy groups -OCH3 is 1. The smallest absolute Gasteiger partial charge is 0.184 e. The summed E-state index contributed by atoms with van der Waals surface area (Å²) in [6.45, 7) is 3.53. The van der Waals surface area contributed by atoms with Crippen LogP contribution in [0.15, 0.2) is 0 Å². The number of aliphatic hydroxyl groups is 4. The first-order chi connectivity index (χ1) is 7.11. The van der Waals surface area contributed by atoms with Crippen LogP contribution in [0.3, 0.4) is 0 Å². The highest BCUT2D eigenvalue weighted by molar-refractivity contribution is 4.88. The Kier molecular flexibility index (Phi) is 6.99. The van der Waals surface area contributed by atoms with Gasteiger partial charge in [-0.05, 0) is 0 Å². The second-order valence-electron chi connectivity index (χ2n) is 2.93. The molecular weight excluding hydrogens is 204 g/mol. The molecule has 4 N–H and O–H groups in total. The number of aliphatic hydroxyl groups excluding tert-OH is 4. The molecule has 0 aromatic rings. The van der Waals surface area contributed by atoms with E-state index in [1.807, 2.05) is 13.8 Å². The second kappa shape index (κ2) is 7.10. The van der Waals surface area contributed by atoms with Gasteiger partial charge in [-0.1, -0.05) is 13.8 Å². The van der Waals surface area contributed by atoms with Gasteiger partial charge in [0.25, 0.3) is 0 Å². The minimum absolute atomic E-state index is 0.467. The van der Waals surface area contributed by atoms with Crippen molar-refractivity contribution in [2.75, 3.05) is 13.7 Å². The van der Waals surface area contributed by atoms with E-state index in [1.165, 1.54) is 7.11 Å². The van der Waals surface area contributed by atoms with Crippen molar-refractivity contribution in [3.63, 3.8) is 0 Å². The minimum Gasteiger partial charge on any atom is -0.394 e. The van der Waals surface area contributed by atoms with Crippen LogP contribution in [0.1, 0.15) is 13.8 Å². The van der Waals surface area contributed by atoms with Gasteiger partial charge >= 0.3 is 0 Å². The normalized spacial score (nSPS) is 40.6. The lowest BCUT2D eigenvalue weighted by Crippen LogP contribution is -2.59. The quantitative estimate of drug-likeness (QED) is 0.453. The van der Waals surface area contributed by atoms with Crippen LogP contribution < -0.4 is 0 Å². The van der Waals surface area contributed by atoms with E-state index in [0.717, 1.165) is 0 Å². The van der Waals surface area contributed by atoms with Crippen LogP contribution in [0.4, 0.5) is 0 Å². The molecule has 0 bridgehead atoms. The molecule has 6 nitrogen and oxygen atoms in total. The number of hydrogen-bond donors (Lipinski definition) is 4. The van der Waals surface area contributed by atoms with Crippen LogP contribution in [-0.2, 0) is 9.47 Å². The number of ether oxygens (including phenoxy) is 2. The van der Waals surface area contributed by atoms with Crippen molar-refractivity contribution in [3.05, 3.63) is 0 Å². The van der Waals surface area contributed by atoms with Crippen molar-refractivity contribution >= 4 is 0 Å². The molecule has 5 atom stereocenters. The molecule has 1 saturated heterocycles. The highest BCUT2D eigenvalue weighted by Crippen LogP contribution is 2.21. The first-order valence-electron chi connectivity index (χ1n) is 4.95. The summed E-state index contributed by atoms with van der Waals surface area (Å²) in [5, 5.41) is 36.7. The molecule has 0 amide bonds. The van der Waals surface area contributed by atoms with Crippen molar-refractivity contribution in [1.82, 2.24) is 0 Å². The molecule has 0 radical (unpaired) electrons. The third kappa shape index (κ3) is 3.37. The van der Waals surface area contributed by atoms with E-state index >= 15 is 0 Å². The van der Waals surface area contributed by atoms with Gasteiger partial charge in [-0.2, -0.15) is 0 Å². The van der Waals surface area contributed by atoms with Gasteiger partial charge < -0.3 is 29.9 Å². The maximum atomic E-state index is 9.38. The van der Waals surface area contributed by atoms with E-state index in [9.17, 15) is 15.3 Å². The summed E-state index contributed by atoms with van der Waals surface area (Å²) >= 11 is 0. The Hall–Kier alpha value is -0.240. The lowest BCUT2D eigenvalue weighted by Gasteiger charge is -2.39. The fourth-order valence-corrected chi connectivity index (χ4v) is 1.33. The van der Waals surface area contributed by atoms with Crippen molar-refractivity contribution in [1.29, 1.82) is 0 Å². The second-order valence-corrected chi connectivity index (χ2v) is 2.93. The molecule has 92 valence electrons. The topological polar surface area (TPSA) is 99.4 Å². The lowest BCUT2D eigenvalue weighted by molar-refractivity contribution is -0.291. The number of hydrogen-bond acceptors (Lipinski definition) is 6. The molecule has 0 spiro atoms. The van der Waals surface area contributed by atoms with Crippen molar-refractivity contribution in [2.45, 2.75) is 44.6 Å². The molecule has 6 heteroatoms. The summed E-state index contributed by atoms with van der Waals surface area (Å²) in [4.78, 5) is 0. The van der Waals surface area contributed by atoms with Gasteiger partial charge in [-0.15, -0.1) is 0 Å². The van der Waals surface area contributed by atoms with Gasteiger partial charge in [-0.25, -0.2) is 0 Å². The third-order valence-electron chi connectivity index (χ3n) is 2.11. The zero-order chi connectivity index (χ0) is 12.0. The average molecular weight is 224 g/mol. The molecule has 1 heterocycles. The minimum atomic E-state index is -1.33. The fourth-order valence-electron chi connectivity index (χ4n) is 1.33. The summed E-state index contributed by atoms with van der Waals surface area (Å²) in [6.07, 6.45) is -5.81. The fraction of sp³-hybridized carbons (Fsp3) is 1.00. The van der Waals surface area contributed by atoms with E-state index in [-0.39, 0.29) is 0 Å². The summed E-state index contributed by atoms with van der Waals surface area (Å²) < 4.78 is 9.50. The Morgan fingerprint density at radius 2 is 1.67 bits per heavy atom. The number of rotatable bonds is 2. The van der Waals surface area contributed by atoms with Gasteiger partial charge in [0.2, 0.25) is 0 Å². The van der Waals surface area contributed by atoms with Crippen molar-refractivity contribution in [2.24, 2.45) is 0 Å². The van der Waals surface area contributed by atoms with E-state index in [1.54, 1.807) is 0 Å². The average Bonchev–Trinajstić information content (AvgIpc) is 2.27. The standard InChI is InChI=1S/C7H14O6.C2H6/c1-12-6-5(10)4(9)3(2-8)13-7(6)11;1-2/h3-11H,2H2,1H3;1-2H3/t3-,4-,5+,6-,7-;/m1./s1. The molecule has 0 unspecified atom stereocenters. The molecule has 0 aliphatic carbocycles. The largest absolute Gasteiger partial charge is 0.394 e.